The molecule has 19 heavy (non-hydrogen) atoms. The molecule has 0 bridgehead atoms. The molecule has 1 aromatic carbocycles. The standard InChI is InChI=1S/C15H23FN2O/c1-11(8-15-10-19-7-6-17-15)18-12(2)13-4-3-5-14(16)9-13/h3-5,9,11-12,15,17-18H,6-8,10H2,1-2H3/t11?,12-,15?/m1/s1. The summed E-state index contributed by atoms with van der Waals surface area (Å²) in [7, 11) is 0. The summed E-state index contributed by atoms with van der Waals surface area (Å²) < 4.78 is 18.6. The van der Waals surface area contributed by atoms with Crippen LogP contribution in [0, 0.1) is 5.82 Å². The molecule has 0 radical (unpaired) electrons. The van der Waals surface area contributed by atoms with Crippen molar-refractivity contribution < 1.29 is 9.13 Å². The largest absolute Gasteiger partial charge is 0.379 e. The molecule has 2 unspecified atom stereocenters. The molecule has 3 nitrogen and oxygen atoms in total. The highest BCUT2D eigenvalue weighted by Gasteiger charge is 2.17. The van der Waals surface area contributed by atoms with Gasteiger partial charge in [-0.3, -0.25) is 0 Å². The summed E-state index contributed by atoms with van der Waals surface area (Å²) in [6, 6.07) is 7.69. The van der Waals surface area contributed by atoms with E-state index in [9.17, 15) is 4.39 Å². The van der Waals surface area contributed by atoms with Crippen LogP contribution in [-0.4, -0.2) is 31.8 Å². The lowest BCUT2D eigenvalue weighted by molar-refractivity contribution is 0.0708. The van der Waals surface area contributed by atoms with Crippen LogP contribution in [0.5, 0.6) is 0 Å². The van der Waals surface area contributed by atoms with Gasteiger partial charge in [0, 0.05) is 24.7 Å². The van der Waals surface area contributed by atoms with E-state index < -0.39 is 0 Å². The summed E-state index contributed by atoms with van der Waals surface area (Å²) in [5.41, 5.74) is 0.986. The van der Waals surface area contributed by atoms with Crippen LogP contribution in [0.2, 0.25) is 0 Å². The van der Waals surface area contributed by atoms with Gasteiger partial charge in [0.1, 0.15) is 5.82 Å². The molecule has 0 aromatic heterocycles. The molecule has 1 aliphatic rings. The zero-order chi connectivity index (χ0) is 13.7. The number of hydrogen-bond donors (Lipinski definition) is 2. The fourth-order valence-electron chi connectivity index (χ4n) is 2.56. The molecule has 0 saturated carbocycles. The van der Waals surface area contributed by atoms with Crippen molar-refractivity contribution in [2.75, 3.05) is 19.8 Å². The molecule has 2 rings (SSSR count). The van der Waals surface area contributed by atoms with Gasteiger partial charge in [0.25, 0.3) is 0 Å². The summed E-state index contributed by atoms with van der Waals surface area (Å²) in [4.78, 5) is 0. The minimum absolute atomic E-state index is 0.148. The molecule has 0 aliphatic carbocycles. The van der Waals surface area contributed by atoms with Gasteiger partial charge >= 0.3 is 0 Å². The minimum Gasteiger partial charge on any atom is -0.379 e. The van der Waals surface area contributed by atoms with Crippen LogP contribution >= 0.6 is 0 Å². The zero-order valence-corrected chi connectivity index (χ0v) is 11.7. The SMILES string of the molecule is CC(CC1COCCN1)N[C@H](C)c1cccc(F)c1. The molecule has 0 amide bonds. The van der Waals surface area contributed by atoms with Crippen molar-refractivity contribution in [3.05, 3.63) is 35.6 Å². The van der Waals surface area contributed by atoms with Crippen LogP contribution < -0.4 is 10.6 Å². The molecule has 1 saturated heterocycles. The van der Waals surface area contributed by atoms with Gasteiger partial charge in [0.05, 0.1) is 13.2 Å². The summed E-state index contributed by atoms with van der Waals surface area (Å²) in [6.45, 7) is 6.73. The maximum Gasteiger partial charge on any atom is 0.123 e. The van der Waals surface area contributed by atoms with Gasteiger partial charge in [0.2, 0.25) is 0 Å². The van der Waals surface area contributed by atoms with Gasteiger partial charge in [-0.2, -0.15) is 0 Å². The maximum atomic E-state index is 13.2. The molecular formula is C15H23FN2O. The van der Waals surface area contributed by atoms with E-state index in [1.807, 2.05) is 6.07 Å². The Labute approximate surface area is 114 Å². The Kier molecular flexibility index (Phi) is 5.31. The highest BCUT2D eigenvalue weighted by atomic mass is 19.1. The van der Waals surface area contributed by atoms with Crippen LogP contribution in [0.4, 0.5) is 4.39 Å². The molecule has 2 N–H and O–H groups in total. The van der Waals surface area contributed by atoms with Gasteiger partial charge in [0.15, 0.2) is 0 Å². The molecule has 1 aliphatic heterocycles. The van der Waals surface area contributed by atoms with E-state index in [1.165, 1.54) is 6.07 Å². The lowest BCUT2D eigenvalue weighted by Crippen LogP contribution is -2.45. The average Bonchev–Trinajstić information content (AvgIpc) is 2.39. The van der Waals surface area contributed by atoms with Crippen LogP contribution in [0.15, 0.2) is 24.3 Å². The lowest BCUT2D eigenvalue weighted by atomic mass is 10.0. The first kappa shape index (κ1) is 14.4. The van der Waals surface area contributed by atoms with Gasteiger partial charge < -0.3 is 15.4 Å². The van der Waals surface area contributed by atoms with Gasteiger partial charge in [-0.25, -0.2) is 4.39 Å². The second-order valence-corrected chi connectivity index (χ2v) is 5.31. The fourth-order valence-corrected chi connectivity index (χ4v) is 2.56. The molecule has 1 heterocycles. The predicted molar refractivity (Wildman–Crippen MR) is 74.6 cm³/mol. The number of ether oxygens (including phenoxy) is 1. The Morgan fingerprint density at radius 1 is 1.47 bits per heavy atom. The zero-order valence-electron chi connectivity index (χ0n) is 11.7. The Morgan fingerprint density at radius 3 is 3.00 bits per heavy atom. The number of benzene rings is 1. The molecule has 3 atom stereocenters. The number of halogens is 1. The van der Waals surface area contributed by atoms with Crippen molar-refractivity contribution in [2.45, 2.75) is 38.4 Å². The van der Waals surface area contributed by atoms with Crippen molar-refractivity contribution in [1.29, 1.82) is 0 Å². The second kappa shape index (κ2) is 6.98. The van der Waals surface area contributed by atoms with E-state index in [2.05, 4.69) is 24.5 Å². The maximum absolute atomic E-state index is 13.2. The third kappa shape index (κ3) is 4.56. The molecule has 1 aromatic rings. The van der Waals surface area contributed by atoms with Crippen LogP contribution in [0.1, 0.15) is 31.9 Å². The van der Waals surface area contributed by atoms with Crippen LogP contribution in [0.3, 0.4) is 0 Å². The Hall–Kier alpha value is -0.970. The molecule has 1 fully saturated rings. The first-order valence-corrected chi connectivity index (χ1v) is 6.98. The van der Waals surface area contributed by atoms with E-state index >= 15 is 0 Å². The summed E-state index contributed by atoms with van der Waals surface area (Å²) in [6.07, 6.45) is 1.01. The van der Waals surface area contributed by atoms with Crippen LogP contribution in [0.25, 0.3) is 0 Å². The molecule has 106 valence electrons. The normalized spacial score (nSPS) is 23.0. The molecule has 4 heteroatoms. The predicted octanol–water partition coefficient (Wildman–Crippen LogP) is 2.24. The average molecular weight is 266 g/mol. The Bertz CT molecular complexity index is 393. The Balaban J connectivity index is 1.82. The van der Waals surface area contributed by atoms with Gasteiger partial charge in [-0.15, -0.1) is 0 Å². The Morgan fingerprint density at radius 2 is 2.32 bits per heavy atom. The third-order valence-corrected chi connectivity index (χ3v) is 3.52. The van der Waals surface area contributed by atoms with Gasteiger partial charge in [-0.05, 0) is 38.0 Å². The molecular weight excluding hydrogens is 243 g/mol. The van der Waals surface area contributed by atoms with E-state index in [0.717, 1.165) is 31.7 Å². The summed E-state index contributed by atoms with van der Waals surface area (Å²) in [5.74, 6) is -0.179. The summed E-state index contributed by atoms with van der Waals surface area (Å²) >= 11 is 0. The first-order chi connectivity index (χ1) is 9.15. The monoisotopic (exact) mass is 266 g/mol. The van der Waals surface area contributed by atoms with E-state index in [-0.39, 0.29) is 11.9 Å². The lowest BCUT2D eigenvalue weighted by Gasteiger charge is -2.28. The smallest absolute Gasteiger partial charge is 0.123 e. The summed E-state index contributed by atoms with van der Waals surface area (Å²) in [5, 5.41) is 6.96. The van der Waals surface area contributed by atoms with Crippen molar-refractivity contribution in [2.24, 2.45) is 0 Å². The molecule has 0 spiro atoms. The van der Waals surface area contributed by atoms with Crippen molar-refractivity contribution in [3.8, 4) is 0 Å². The third-order valence-electron chi connectivity index (χ3n) is 3.52. The topological polar surface area (TPSA) is 33.3 Å². The van der Waals surface area contributed by atoms with Crippen molar-refractivity contribution >= 4 is 0 Å². The highest BCUT2D eigenvalue weighted by Crippen LogP contribution is 2.15. The fraction of sp³-hybridized carbons (Fsp3) is 0.600. The van der Waals surface area contributed by atoms with Crippen LogP contribution in [-0.2, 0) is 4.74 Å². The highest BCUT2D eigenvalue weighted by molar-refractivity contribution is 5.19. The van der Waals surface area contributed by atoms with E-state index in [4.69, 9.17) is 4.74 Å². The first-order valence-electron chi connectivity index (χ1n) is 6.98. The van der Waals surface area contributed by atoms with Crippen molar-refractivity contribution in [3.63, 3.8) is 0 Å². The number of hydrogen-bond acceptors (Lipinski definition) is 3. The minimum atomic E-state index is -0.179. The number of rotatable bonds is 5. The number of nitrogens with one attached hydrogen (secondary N) is 2. The van der Waals surface area contributed by atoms with E-state index in [0.29, 0.717) is 12.1 Å². The van der Waals surface area contributed by atoms with Crippen molar-refractivity contribution in [1.82, 2.24) is 10.6 Å². The number of morpholine rings is 1. The second-order valence-electron chi connectivity index (χ2n) is 5.31. The van der Waals surface area contributed by atoms with E-state index in [1.54, 1.807) is 12.1 Å². The van der Waals surface area contributed by atoms with Gasteiger partial charge in [-0.1, -0.05) is 12.1 Å². The quantitative estimate of drug-likeness (QED) is 0.857.